The maximum absolute atomic E-state index is 11.1. The number of hydrogen-bond acceptors (Lipinski definition) is 6. The third kappa shape index (κ3) is 3.42. The third-order valence-electron chi connectivity index (χ3n) is 5.20. The van der Waals surface area contributed by atoms with Crippen molar-refractivity contribution < 1.29 is 9.52 Å². The lowest BCUT2D eigenvalue weighted by Gasteiger charge is -2.34. The van der Waals surface area contributed by atoms with Gasteiger partial charge in [0, 0.05) is 10.0 Å². The van der Waals surface area contributed by atoms with Crippen LogP contribution in [0.25, 0.3) is 16.5 Å². The quantitative estimate of drug-likeness (QED) is 0.437. The molecule has 1 saturated heterocycles. The second-order valence-electron chi connectivity index (χ2n) is 7.06. The number of thiazole rings is 1. The topological polar surface area (TPSA) is 66.8 Å². The van der Waals surface area contributed by atoms with Crippen LogP contribution in [-0.4, -0.2) is 37.7 Å². The molecule has 9 heteroatoms. The average Bonchev–Trinajstić information content (AvgIpc) is 3.43. The molecule has 4 heterocycles. The number of furan rings is 1. The molecule has 0 radical (unpaired) electrons. The molecular formula is C20H18Cl2N4O2S. The first-order valence-electron chi connectivity index (χ1n) is 9.43. The predicted molar refractivity (Wildman–Crippen MR) is 114 cm³/mol. The summed E-state index contributed by atoms with van der Waals surface area (Å²) in [6, 6.07) is 8.92. The molecule has 0 spiro atoms. The van der Waals surface area contributed by atoms with E-state index in [1.165, 1.54) is 22.3 Å². The summed E-state index contributed by atoms with van der Waals surface area (Å²) in [4.78, 5) is 8.28. The van der Waals surface area contributed by atoms with Crippen molar-refractivity contribution in [2.24, 2.45) is 0 Å². The van der Waals surface area contributed by atoms with Gasteiger partial charge in [0.15, 0.2) is 5.76 Å². The first kappa shape index (κ1) is 18.9. The zero-order valence-corrected chi connectivity index (χ0v) is 17.7. The SMILES string of the molecule is Oc1c(C(c2ccc(Cl)cc2Cl)N2CCCCC2)sc2nc(-c3ccco3)nn12. The number of benzene rings is 1. The van der Waals surface area contributed by atoms with E-state index in [1.54, 1.807) is 24.5 Å². The van der Waals surface area contributed by atoms with Crippen molar-refractivity contribution in [1.29, 1.82) is 0 Å². The number of aromatic hydroxyl groups is 1. The summed E-state index contributed by atoms with van der Waals surface area (Å²) in [7, 11) is 0. The summed E-state index contributed by atoms with van der Waals surface area (Å²) < 4.78 is 6.84. The van der Waals surface area contributed by atoms with E-state index < -0.39 is 0 Å². The Bertz CT molecular complexity index is 1150. The van der Waals surface area contributed by atoms with Gasteiger partial charge in [0.1, 0.15) is 0 Å². The largest absolute Gasteiger partial charge is 0.492 e. The standard InChI is InChI=1S/C20H18Cl2N4O2S/c21-12-6-7-13(14(22)11-12)16(25-8-2-1-3-9-25)17-19(27)26-20(29-17)23-18(24-26)15-5-4-10-28-15/h4-7,10-11,16,27H,1-3,8-9H2. The van der Waals surface area contributed by atoms with Crippen LogP contribution in [0.1, 0.15) is 35.7 Å². The molecule has 0 aliphatic carbocycles. The maximum atomic E-state index is 11.1. The van der Waals surface area contributed by atoms with Crippen molar-refractivity contribution in [2.45, 2.75) is 25.3 Å². The van der Waals surface area contributed by atoms with Gasteiger partial charge in [-0.05, 0) is 55.8 Å². The van der Waals surface area contributed by atoms with Crippen LogP contribution in [0.3, 0.4) is 0 Å². The van der Waals surface area contributed by atoms with Gasteiger partial charge < -0.3 is 9.52 Å². The highest BCUT2D eigenvalue weighted by molar-refractivity contribution is 7.17. The number of aromatic nitrogens is 3. The van der Waals surface area contributed by atoms with Gasteiger partial charge in [0.2, 0.25) is 16.7 Å². The minimum atomic E-state index is -0.180. The first-order chi connectivity index (χ1) is 14.1. The second-order valence-corrected chi connectivity index (χ2v) is 8.91. The number of fused-ring (bicyclic) bond motifs is 1. The fourth-order valence-corrected chi connectivity index (χ4v) is 5.46. The van der Waals surface area contributed by atoms with Crippen molar-refractivity contribution in [1.82, 2.24) is 19.5 Å². The summed E-state index contributed by atoms with van der Waals surface area (Å²) >= 11 is 14.1. The van der Waals surface area contributed by atoms with Crippen LogP contribution in [-0.2, 0) is 0 Å². The van der Waals surface area contributed by atoms with E-state index in [4.69, 9.17) is 27.6 Å². The molecule has 0 bridgehead atoms. The monoisotopic (exact) mass is 448 g/mol. The Labute approximate surface area is 181 Å². The Hall–Kier alpha value is -2.06. The third-order valence-corrected chi connectivity index (χ3v) is 6.84. The van der Waals surface area contributed by atoms with Gasteiger partial charge in [-0.3, -0.25) is 4.90 Å². The lowest BCUT2D eigenvalue weighted by atomic mass is 10.0. The molecule has 6 nitrogen and oxygen atoms in total. The maximum Gasteiger partial charge on any atom is 0.230 e. The molecule has 5 rings (SSSR count). The molecule has 150 valence electrons. The van der Waals surface area contributed by atoms with Crippen LogP contribution in [0.4, 0.5) is 0 Å². The molecule has 4 aromatic rings. The van der Waals surface area contributed by atoms with Crippen LogP contribution in [0.15, 0.2) is 41.0 Å². The molecule has 3 aromatic heterocycles. The van der Waals surface area contributed by atoms with E-state index in [1.807, 2.05) is 12.1 Å². The Morgan fingerprint density at radius 1 is 1.14 bits per heavy atom. The zero-order chi connectivity index (χ0) is 20.0. The number of hydrogen-bond donors (Lipinski definition) is 1. The molecule has 1 aliphatic rings. The van der Waals surface area contributed by atoms with Crippen molar-refractivity contribution in [2.75, 3.05) is 13.1 Å². The van der Waals surface area contributed by atoms with E-state index in [9.17, 15) is 5.11 Å². The van der Waals surface area contributed by atoms with Gasteiger partial charge in [-0.1, -0.05) is 47.0 Å². The molecule has 1 aliphatic heterocycles. The number of likely N-dealkylation sites (tertiary alicyclic amines) is 1. The number of piperidine rings is 1. The fraction of sp³-hybridized carbons (Fsp3) is 0.300. The summed E-state index contributed by atoms with van der Waals surface area (Å²) in [5.74, 6) is 1.09. The molecule has 29 heavy (non-hydrogen) atoms. The van der Waals surface area contributed by atoms with Crippen molar-refractivity contribution in [3.63, 3.8) is 0 Å². The Morgan fingerprint density at radius 3 is 2.66 bits per heavy atom. The molecule has 1 atom stereocenters. The Balaban J connectivity index is 1.62. The minimum absolute atomic E-state index is 0.0805. The Kier molecular flexibility index (Phi) is 4.99. The lowest BCUT2D eigenvalue weighted by Crippen LogP contribution is -2.34. The van der Waals surface area contributed by atoms with E-state index in [2.05, 4.69) is 15.0 Å². The highest BCUT2D eigenvalue weighted by Gasteiger charge is 2.32. The van der Waals surface area contributed by atoms with Gasteiger partial charge in [0.05, 0.1) is 17.2 Å². The minimum Gasteiger partial charge on any atom is -0.492 e. The molecular weight excluding hydrogens is 431 g/mol. The number of halogens is 2. The summed E-state index contributed by atoms with van der Waals surface area (Å²) in [6.45, 7) is 1.88. The second kappa shape index (κ2) is 7.65. The predicted octanol–water partition coefficient (Wildman–Crippen LogP) is 5.64. The van der Waals surface area contributed by atoms with E-state index in [-0.39, 0.29) is 11.9 Å². The fourth-order valence-electron chi connectivity index (χ4n) is 3.84. The summed E-state index contributed by atoms with van der Waals surface area (Å²) in [5.41, 5.74) is 0.920. The molecule has 1 aromatic carbocycles. The van der Waals surface area contributed by atoms with Crippen LogP contribution in [0.2, 0.25) is 10.0 Å². The summed E-state index contributed by atoms with van der Waals surface area (Å²) in [5, 5.41) is 16.7. The van der Waals surface area contributed by atoms with Crippen LogP contribution in [0, 0.1) is 0 Å². The van der Waals surface area contributed by atoms with Gasteiger partial charge in [-0.25, -0.2) is 0 Å². The van der Waals surface area contributed by atoms with E-state index in [0.29, 0.717) is 26.6 Å². The molecule has 1 unspecified atom stereocenters. The van der Waals surface area contributed by atoms with Crippen molar-refractivity contribution in [3.8, 4) is 17.5 Å². The highest BCUT2D eigenvalue weighted by atomic mass is 35.5. The molecule has 1 fully saturated rings. The van der Waals surface area contributed by atoms with Crippen LogP contribution in [0.5, 0.6) is 5.88 Å². The highest BCUT2D eigenvalue weighted by Crippen LogP contribution is 2.43. The van der Waals surface area contributed by atoms with Gasteiger partial charge in [-0.15, -0.1) is 5.10 Å². The molecule has 1 N–H and O–H groups in total. The van der Waals surface area contributed by atoms with E-state index >= 15 is 0 Å². The first-order valence-corrected chi connectivity index (χ1v) is 11.0. The van der Waals surface area contributed by atoms with Crippen LogP contribution >= 0.6 is 34.5 Å². The lowest BCUT2D eigenvalue weighted by molar-refractivity contribution is 0.186. The van der Waals surface area contributed by atoms with Crippen molar-refractivity contribution >= 4 is 39.5 Å². The zero-order valence-electron chi connectivity index (χ0n) is 15.4. The van der Waals surface area contributed by atoms with Gasteiger partial charge in [0.25, 0.3) is 0 Å². The Morgan fingerprint density at radius 2 is 1.97 bits per heavy atom. The molecule has 0 saturated carbocycles. The van der Waals surface area contributed by atoms with Crippen LogP contribution < -0.4 is 0 Å². The molecule has 0 amide bonds. The van der Waals surface area contributed by atoms with E-state index in [0.717, 1.165) is 36.4 Å². The smallest absolute Gasteiger partial charge is 0.230 e. The number of nitrogens with zero attached hydrogens (tertiary/aromatic N) is 4. The normalized spacial score (nSPS) is 16.5. The van der Waals surface area contributed by atoms with Gasteiger partial charge in [-0.2, -0.15) is 9.50 Å². The summed E-state index contributed by atoms with van der Waals surface area (Å²) in [6.07, 6.45) is 5.02. The van der Waals surface area contributed by atoms with Crippen molar-refractivity contribution in [3.05, 3.63) is 57.1 Å². The van der Waals surface area contributed by atoms with Gasteiger partial charge >= 0.3 is 0 Å². The average molecular weight is 449 g/mol. The number of rotatable bonds is 4.